The van der Waals surface area contributed by atoms with Crippen LogP contribution in [0.4, 0.5) is 0 Å². The lowest BCUT2D eigenvalue weighted by Crippen LogP contribution is -2.07. The smallest absolute Gasteiger partial charge is 0.316 e. The van der Waals surface area contributed by atoms with Crippen molar-refractivity contribution in [2.45, 2.75) is 37.5 Å². The van der Waals surface area contributed by atoms with Gasteiger partial charge in [0.15, 0.2) is 0 Å². The van der Waals surface area contributed by atoms with E-state index in [9.17, 15) is 4.79 Å². The first-order valence-electron chi connectivity index (χ1n) is 6.20. The molecule has 92 valence electrons. The fourth-order valence-corrected chi connectivity index (χ4v) is 2.80. The summed E-state index contributed by atoms with van der Waals surface area (Å²) in [5.41, 5.74) is 2.93. The van der Waals surface area contributed by atoms with E-state index in [-0.39, 0.29) is 5.97 Å². The average Bonchev–Trinajstić information content (AvgIpc) is 2.81. The maximum atomic E-state index is 11.4. The van der Waals surface area contributed by atoms with Crippen molar-refractivity contribution in [1.29, 1.82) is 0 Å². The Kier molecular flexibility index (Phi) is 4.49. The molecule has 0 aromatic heterocycles. The number of thioether (sulfide) groups is 1. The van der Waals surface area contributed by atoms with E-state index in [2.05, 4.69) is 18.2 Å². The molecule has 0 radical (unpaired) electrons. The second kappa shape index (κ2) is 6.10. The Labute approximate surface area is 107 Å². The largest absolute Gasteiger partial charge is 0.465 e. The molecule has 2 nitrogen and oxygen atoms in total. The van der Waals surface area contributed by atoms with Gasteiger partial charge in [0.05, 0.1) is 12.4 Å². The molecule has 0 spiro atoms. The zero-order valence-electron chi connectivity index (χ0n) is 10.2. The van der Waals surface area contributed by atoms with Gasteiger partial charge in [-0.2, -0.15) is 0 Å². The van der Waals surface area contributed by atoms with Crippen molar-refractivity contribution in [3.8, 4) is 0 Å². The molecule has 0 fully saturated rings. The van der Waals surface area contributed by atoms with Gasteiger partial charge in [-0.25, -0.2) is 0 Å². The maximum Gasteiger partial charge on any atom is 0.316 e. The Morgan fingerprint density at radius 1 is 1.35 bits per heavy atom. The van der Waals surface area contributed by atoms with Crippen LogP contribution in [0.25, 0.3) is 0 Å². The second-order valence-corrected chi connectivity index (χ2v) is 5.34. The van der Waals surface area contributed by atoms with Gasteiger partial charge in [-0.1, -0.05) is 13.0 Å². The minimum Gasteiger partial charge on any atom is -0.465 e. The molecule has 1 aromatic rings. The summed E-state index contributed by atoms with van der Waals surface area (Å²) in [5.74, 6) is 0.302. The van der Waals surface area contributed by atoms with E-state index in [1.54, 1.807) is 11.8 Å². The summed E-state index contributed by atoms with van der Waals surface area (Å²) in [6, 6.07) is 6.53. The number of fused-ring (bicyclic) bond motifs is 1. The zero-order chi connectivity index (χ0) is 12.1. The van der Waals surface area contributed by atoms with Crippen LogP contribution in [0.15, 0.2) is 23.1 Å². The first-order valence-corrected chi connectivity index (χ1v) is 7.18. The Bertz CT molecular complexity index is 401. The minimum atomic E-state index is -0.114. The van der Waals surface area contributed by atoms with E-state index in [1.807, 2.05) is 6.92 Å². The third-order valence-electron chi connectivity index (χ3n) is 2.89. The lowest BCUT2D eigenvalue weighted by Gasteiger charge is -2.05. The predicted molar refractivity (Wildman–Crippen MR) is 70.4 cm³/mol. The Balaban J connectivity index is 1.85. The number of rotatable bonds is 5. The van der Waals surface area contributed by atoms with Crippen LogP contribution in [0, 0.1) is 0 Å². The van der Waals surface area contributed by atoms with E-state index in [0.29, 0.717) is 12.4 Å². The molecule has 0 atom stereocenters. The molecule has 0 N–H and O–H groups in total. The summed E-state index contributed by atoms with van der Waals surface area (Å²) in [6.07, 6.45) is 4.54. The predicted octanol–water partition coefficient (Wildman–Crippen LogP) is 3.22. The van der Waals surface area contributed by atoms with Crippen LogP contribution in [0.1, 0.15) is 30.9 Å². The number of carbonyl (C=O) groups excluding carboxylic acids is 1. The molecule has 0 amide bonds. The van der Waals surface area contributed by atoms with Crippen LogP contribution < -0.4 is 0 Å². The highest BCUT2D eigenvalue weighted by atomic mass is 32.2. The number of hydrogen-bond acceptors (Lipinski definition) is 3. The highest BCUT2D eigenvalue weighted by Crippen LogP contribution is 2.27. The van der Waals surface area contributed by atoms with Crippen molar-refractivity contribution >= 4 is 17.7 Å². The van der Waals surface area contributed by atoms with E-state index >= 15 is 0 Å². The van der Waals surface area contributed by atoms with Crippen molar-refractivity contribution in [2.24, 2.45) is 0 Å². The minimum absolute atomic E-state index is 0.114. The first-order chi connectivity index (χ1) is 8.29. The van der Waals surface area contributed by atoms with Crippen molar-refractivity contribution in [3.63, 3.8) is 0 Å². The summed E-state index contributed by atoms with van der Waals surface area (Å²) in [4.78, 5) is 12.5. The Morgan fingerprint density at radius 3 is 3.00 bits per heavy atom. The van der Waals surface area contributed by atoms with Crippen LogP contribution in [-0.4, -0.2) is 18.3 Å². The number of esters is 1. The highest BCUT2D eigenvalue weighted by molar-refractivity contribution is 8.00. The molecule has 2 rings (SSSR count). The summed E-state index contributed by atoms with van der Waals surface area (Å²) < 4.78 is 5.05. The van der Waals surface area contributed by atoms with Gasteiger partial charge in [0, 0.05) is 4.90 Å². The fourth-order valence-electron chi connectivity index (χ4n) is 2.04. The number of ether oxygens (including phenoxy) is 1. The normalized spacial score (nSPS) is 13.5. The molecule has 0 aliphatic heterocycles. The average molecular weight is 250 g/mol. The van der Waals surface area contributed by atoms with Crippen LogP contribution in [-0.2, 0) is 22.4 Å². The first kappa shape index (κ1) is 12.5. The highest BCUT2D eigenvalue weighted by Gasteiger charge is 2.11. The molecule has 0 bridgehead atoms. The van der Waals surface area contributed by atoms with Gasteiger partial charge in [0.1, 0.15) is 0 Å². The summed E-state index contributed by atoms with van der Waals surface area (Å²) in [5, 5.41) is 0. The Hall–Kier alpha value is -0.960. The van der Waals surface area contributed by atoms with E-state index in [0.717, 1.165) is 6.42 Å². The van der Waals surface area contributed by atoms with Crippen LogP contribution in [0.2, 0.25) is 0 Å². The molecule has 1 aliphatic rings. The van der Waals surface area contributed by atoms with E-state index in [1.165, 1.54) is 35.3 Å². The van der Waals surface area contributed by atoms with Gasteiger partial charge in [-0.15, -0.1) is 11.8 Å². The van der Waals surface area contributed by atoms with Crippen molar-refractivity contribution < 1.29 is 9.53 Å². The second-order valence-electron chi connectivity index (χ2n) is 4.29. The number of hydrogen-bond donors (Lipinski definition) is 0. The lowest BCUT2D eigenvalue weighted by atomic mass is 10.1. The van der Waals surface area contributed by atoms with Crippen LogP contribution >= 0.6 is 11.8 Å². The number of aryl methyl sites for hydroxylation is 2. The topological polar surface area (TPSA) is 26.3 Å². The quantitative estimate of drug-likeness (QED) is 0.593. The molecular formula is C14H18O2S. The molecule has 0 unspecified atom stereocenters. The van der Waals surface area contributed by atoms with Crippen LogP contribution in [0.3, 0.4) is 0 Å². The van der Waals surface area contributed by atoms with Crippen molar-refractivity contribution in [3.05, 3.63) is 29.3 Å². The zero-order valence-corrected chi connectivity index (χ0v) is 11.0. The van der Waals surface area contributed by atoms with Gasteiger partial charge in [0.2, 0.25) is 0 Å². The lowest BCUT2D eigenvalue weighted by molar-refractivity contribution is -0.140. The molecule has 0 saturated carbocycles. The number of benzene rings is 1. The molecular weight excluding hydrogens is 232 g/mol. The van der Waals surface area contributed by atoms with Gasteiger partial charge >= 0.3 is 5.97 Å². The third kappa shape index (κ3) is 3.50. The number of carbonyl (C=O) groups is 1. The maximum absolute atomic E-state index is 11.4. The van der Waals surface area contributed by atoms with Crippen molar-refractivity contribution in [1.82, 2.24) is 0 Å². The van der Waals surface area contributed by atoms with Gasteiger partial charge in [-0.05, 0) is 48.9 Å². The van der Waals surface area contributed by atoms with E-state index in [4.69, 9.17) is 4.74 Å². The van der Waals surface area contributed by atoms with Gasteiger partial charge in [0.25, 0.3) is 0 Å². The van der Waals surface area contributed by atoms with Crippen LogP contribution in [0.5, 0.6) is 0 Å². The molecule has 0 heterocycles. The molecule has 0 saturated heterocycles. The summed E-state index contributed by atoms with van der Waals surface area (Å²) in [7, 11) is 0. The third-order valence-corrected chi connectivity index (χ3v) is 3.86. The standard InChI is InChI=1S/C14H18O2S/c1-2-8-16-14(15)10-17-13-7-6-11-4-3-5-12(11)9-13/h6-7,9H,2-5,8,10H2,1H3. The van der Waals surface area contributed by atoms with Gasteiger partial charge < -0.3 is 4.74 Å². The van der Waals surface area contributed by atoms with E-state index < -0.39 is 0 Å². The monoisotopic (exact) mass is 250 g/mol. The SMILES string of the molecule is CCCOC(=O)CSc1ccc2c(c1)CCC2. The van der Waals surface area contributed by atoms with Gasteiger partial charge in [-0.3, -0.25) is 4.79 Å². The molecule has 1 aliphatic carbocycles. The summed E-state index contributed by atoms with van der Waals surface area (Å²) >= 11 is 1.57. The molecule has 3 heteroatoms. The summed E-state index contributed by atoms with van der Waals surface area (Å²) in [6.45, 7) is 2.53. The molecule has 17 heavy (non-hydrogen) atoms. The fraction of sp³-hybridized carbons (Fsp3) is 0.500. The molecule has 1 aromatic carbocycles. The van der Waals surface area contributed by atoms with Crippen molar-refractivity contribution in [2.75, 3.05) is 12.4 Å². The Morgan fingerprint density at radius 2 is 2.18 bits per heavy atom.